The molecule has 6 heteroatoms. The lowest BCUT2D eigenvalue weighted by Gasteiger charge is -2.36. The number of carbonyl (C=O) groups excluding carboxylic acids is 1. The lowest BCUT2D eigenvalue weighted by atomic mass is 9.84. The molecule has 1 fully saturated rings. The molecule has 1 amide bonds. The Balaban J connectivity index is 0.00000208. The maximum atomic E-state index is 13.0. The number of hydrogen-bond acceptors (Lipinski definition) is 4. The average Bonchev–Trinajstić information content (AvgIpc) is 3.09. The van der Waals surface area contributed by atoms with E-state index in [1.165, 1.54) is 0 Å². The number of rotatable bonds is 5. The lowest BCUT2D eigenvalue weighted by molar-refractivity contribution is -0.142. The van der Waals surface area contributed by atoms with E-state index in [0.29, 0.717) is 26.2 Å². The van der Waals surface area contributed by atoms with Crippen molar-refractivity contribution >= 4 is 18.3 Å². The minimum absolute atomic E-state index is 0. The molecule has 1 aliphatic carbocycles. The Morgan fingerprint density at radius 1 is 1.29 bits per heavy atom. The quantitative estimate of drug-likeness (QED) is 0.882. The first kappa shape index (κ1) is 18.9. The Kier molecular flexibility index (Phi) is 6.35. The van der Waals surface area contributed by atoms with Crippen molar-refractivity contribution < 1.29 is 14.3 Å². The second-order valence-electron chi connectivity index (χ2n) is 6.53. The van der Waals surface area contributed by atoms with Crippen LogP contribution >= 0.6 is 12.4 Å². The maximum absolute atomic E-state index is 13.0. The van der Waals surface area contributed by atoms with Crippen LogP contribution in [0.4, 0.5) is 0 Å². The topological polar surface area (TPSA) is 64.8 Å². The summed E-state index contributed by atoms with van der Waals surface area (Å²) in [4.78, 5) is 14.9. The Morgan fingerprint density at radius 2 is 1.96 bits per heavy atom. The molecule has 5 nitrogen and oxygen atoms in total. The number of fused-ring (bicyclic) bond motifs is 1. The highest BCUT2D eigenvalue weighted by Gasteiger charge is 2.42. The van der Waals surface area contributed by atoms with Crippen LogP contribution in [-0.4, -0.2) is 43.2 Å². The van der Waals surface area contributed by atoms with Gasteiger partial charge in [-0.1, -0.05) is 25.0 Å². The molecule has 2 aliphatic rings. The molecule has 134 valence electrons. The van der Waals surface area contributed by atoms with Crippen LogP contribution in [0.1, 0.15) is 32.6 Å². The summed E-state index contributed by atoms with van der Waals surface area (Å²) in [7, 11) is 0. The van der Waals surface area contributed by atoms with Gasteiger partial charge in [0.25, 0.3) is 0 Å². The highest BCUT2D eigenvalue weighted by atomic mass is 35.5. The van der Waals surface area contributed by atoms with Gasteiger partial charge >= 0.3 is 0 Å². The SMILES string of the molecule is CCN(CC1COc2ccccc2O1)C(=O)C1(CN)CCCC1.Cl. The highest BCUT2D eigenvalue weighted by Crippen LogP contribution is 2.39. The number of carbonyl (C=O) groups is 1. The number of hydrogen-bond donors (Lipinski definition) is 1. The molecule has 0 aromatic heterocycles. The van der Waals surface area contributed by atoms with Gasteiger partial charge in [0.15, 0.2) is 17.6 Å². The van der Waals surface area contributed by atoms with Crippen molar-refractivity contribution in [2.45, 2.75) is 38.7 Å². The van der Waals surface area contributed by atoms with Crippen molar-refractivity contribution in [2.24, 2.45) is 11.1 Å². The van der Waals surface area contributed by atoms with Crippen molar-refractivity contribution in [3.05, 3.63) is 24.3 Å². The number of benzene rings is 1. The summed E-state index contributed by atoms with van der Waals surface area (Å²) in [6.07, 6.45) is 3.87. The largest absolute Gasteiger partial charge is 0.486 e. The van der Waals surface area contributed by atoms with Crippen LogP contribution in [0.25, 0.3) is 0 Å². The third-order valence-corrected chi connectivity index (χ3v) is 5.07. The van der Waals surface area contributed by atoms with Crippen LogP contribution in [0.15, 0.2) is 24.3 Å². The van der Waals surface area contributed by atoms with Crippen molar-refractivity contribution in [3.63, 3.8) is 0 Å². The predicted octanol–water partition coefficient (Wildman–Crippen LogP) is 2.62. The van der Waals surface area contributed by atoms with Crippen molar-refractivity contribution in [3.8, 4) is 11.5 Å². The Bertz CT molecular complexity index is 561. The molecule has 1 atom stereocenters. The van der Waals surface area contributed by atoms with Crippen molar-refractivity contribution in [1.82, 2.24) is 4.90 Å². The number of nitrogens with two attached hydrogens (primary N) is 1. The van der Waals surface area contributed by atoms with E-state index in [1.807, 2.05) is 36.1 Å². The molecule has 0 radical (unpaired) electrons. The van der Waals surface area contributed by atoms with Gasteiger partial charge in [-0.05, 0) is 31.9 Å². The maximum Gasteiger partial charge on any atom is 0.230 e. The third kappa shape index (κ3) is 3.62. The van der Waals surface area contributed by atoms with Crippen molar-refractivity contribution in [2.75, 3.05) is 26.2 Å². The highest BCUT2D eigenvalue weighted by molar-refractivity contribution is 5.85. The van der Waals surface area contributed by atoms with Crippen LogP contribution in [0.5, 0.6) is 11.5 Å². The van der Waals surface area contributed by atoms with E-state index in [2.05, 4.69) is 0 Å². The second-order valence-corrected chi connectivity index (χ2v) is 6.53. The number of para-hydroxylation sites is 2. The van der Waals surface area contributed by atoms with Gasteiger partial charge in [-0.2, -0.15) is 0 Å². The summed E-state index contributed by atoms with van der Waals surface area (Å²) in [5.74, 6) is 1.71. The summed E-state index contributed by atoms with van der Waals surface area (Å²) in [6.45, 7) is 4.13. The van der Waals surface area contributed by atoms with Crippen LogP contribution < -0.4 is 15.2 Å². The van der Waals surface area contributed by atoms with Crippen LogP contribution in [0.3, 0.4) is 0 Å². The second kappa shape index (κ2) is 8.08. The van der Waals surface area contributed by atoms with Gasteiger partial charge in [0, 0.05) is 13.1 Å². The summed E-state index contributed by atoms with van der Waals surface area (Å²) in [6, 6.07) is 7.65. The normalized spacial score (nSPS) is 21.0. The van der Waals surface area contributed by atoms with E-state index in [1.54, 1.807) is 0 Å². The van der Waals surface area contributed by atoms with Gasteiger partial charge in [-0.25, -0.2) is 0 Å². The van der Waals surface area contributed by atoms with Gasteiger partial charge in [0.1, 0.15) is 6.61 Å². The monoisotopic (exact) mass is 354 g/mol. The fourth-order valence-corrected chi connectivity index (χ4v) is 3.65. The van der Waals surface area contributed by atoms with E-state index < -0.39 is 0 Å². The van der Waals surface area contributed by atoms with E-state index in [4.69, 9.17) is 15.2 Å². The number of ether oxygens (including phenoxy) is 2. The van der Waals surface area contributed by atoms with Gasteiger partial charge in [-0.3, -0.25) is 4.79 Å². The molecule has 1 heterocycles. The average molecular weight is 355 g/mol. The molecular weight excluding hydrogens is 328 g/mol. The molecule has 0 spiro atoms. The van der Waals surface area contributed by atoms with Gasteiger partial charge < -0.3 is 20.1 Å². The zero-order valence-corrected chi connectivity index (χ0v) is 15.0. The Morgan fingerprint density at radius 3 is 2.58 bits per heavy atom. The lowest BCUT2D eigenvalue weighted by Crippen LogP contribution is -2.51. The van der Waals surface area contributed by atoms with Gasteiger partial charge in [0.05, 0.1) is 12.0 Å². The molecular formula is C18H27ClN2O3. The molecule has 3 rings (SSSR count). The molecule has 1 aromatic rings. The summed E-state index contributed by atoms with van der Waals surface area (Å²) in [5, 5.41) is 0. The standard InChI is InChI=1S/C18H26N2O3.ClH/c1-2-20(17(21)18(13-19)9-5-6-10-18)11-14-12-22-15-7-3-4-8-16(15)23-14;/h3-4,7-8,14H,2,5-6,9-13,19H2,1H3;1H. The van der Waals surface area contributed by atoms with E-state index in [9.17, 15) is 4.79 Å². The zero-order valence-electron chi connectivity index (χ0n) is 14.2. The molecule has 1 aromatic carbocycles. The van der Waals surface area contributed by atoms with E-state index in [-0.39, 0.29) is 29.8 Å². The smallest absolute Gasteiger partial charge is 0.230 e. The zero-order chi connectivity index (χ0) is 16.3. The number of halogens is 1. The fraction of sp³-hybridized carbons (Fsp3) is 0.611. The number of nitrogens with zero attached hydrogens (tertiary/aromatic N) is 1. The third-order valence-electron chi connectivity index (χ3n) is 5.07. The fourth-order valence-electron chi connectivity index (χ4n) is 3.65. The van der Waals surface area contributed by atoms with Gasteiger partial charge in [-0.15, -0.1) is 12.4 Å². The Hall–Kier alpha value is -1.46. The first-order valence-corrected chi connectivity index (χ1v) is 8.56. The minimum atomic E-state index is -0.358. The first-order chi connectivity index (χ1) is 11.2. The van der Waals surface area contributed by atoms with E-state index >= 15 is 0 Å². The van der Waals surface area contributed by atoms with Crippen LogP contribution in [-0.2, 0) is 4.79 Å². The summed E-state index contributed by atoms with van der Waals surface area (Å²) in [5.41, 5.74) is 5.60. The van der Waals surface area contributed by atoms with Crippen LogP contribution in [0, 0.1) is 5.41 Å². The molecule has 0 bridgehead atoms. The number of amides is 1. The first-order valence-electron chi connectivity index (χ1n) is 8.56. The van der Waals surface area contributed by atoms with Crippen molar-refractivity contribution in [1.29, 1.82) is 0 Å². The minimum Gasteiger partial charge on any atom is -0.486 e. The molecule has 1 aliphatic heterocycles. The van der Waals surface area contributed by atoms with Crippen LogP contribution in [0.2, 0.25) is 0 Å². The Labute approximate surface area is 149 Å². The van der Waals surface area contributed by atoms with Gasteiger partial charge in [0.2, 0.25) is 5.91 Å². The molecule has 1 unspecified atom stereocenters. The summed E-state index contributed by atoms with van der Waals surface area (Å²) < 4.78 is 11.7. The molecule has 24 heavy (non-hydrogen) atoms. The molecule has 2 N–H and O–H groups in total. The predicted molar refractivity (Wildman–Crippen MR) is 95.8 cm³/mol. The summed E-state index contributed by atoms with van der Waals surface area (Å²) >= 11 is 0. The van der Waals surface area contributed by atoms with E-state index in [0.717, 1.165) is 37.2 Å². The number of likely N-dealkylation sites (N-methyl/N-ethyl adjacent to an activating group) is 1. The molecule has 0 saturated heterocycles. The molecule has 1 saturated carbocycles.